The van der Waals surface area contributed by atoms with E-state index in [1.54, 1.807) is 0 Å². The van der Waals surface area contributed by atoms with E-state index >= 15 is 0 Å². The zero-order chi connectivity index (χ0) is 9.36. The van der Waals surface area contributed by atoms with Crippen molar-refractivity contribution in [3.8, 4) is 0 Å². The van der Waals surface area contributed by atoms with Gasteiger partial charge in [-0.05, 0) is 6.92 Å². The average molecular weight is 189 g/mol. The van der Waals surface area contributed by atoms with E-state index in [1.165, 1.54) is 0 Å². The number of rotatable bonds is 6. The van der Waals surface area contributed by atoms with E-state index in [0.717, 1.165) is 26.3 Å². The molecule has 4 nitrogen and oxygen atoms in total. The van der Waals surface area contributed by atoms with Crippen LogP contribution in [0.15, 0.2) is 0 Å². The summed E-state index contributed by atoms with van der Waals surface area (Å²) in [6.07, 6.45) is 0.218. The molecule has 0 aromatic heterocycles. The van der Waals surface area contributed by atoms with Crippen molar-refractivity contribution < 1.29 is 14.2 Å². The van der Waals surface area contributed by atoms with Gasteiger partial charge in [0, 0.05) is 19.7 Å². The molecule has 13 heavy (non-hydrogen) atoms. The van der Waals surface area contributed by atoms with E-state index in [4.69, 9.17) is 14.2 Å². The van der Waals surface area contributed by atoms with Crippen LogP contribution in [-0.2, 0) is 14.2 Å². The summed E-state index contributed by atoms with van der Waals surface area (Å²) in [6.45, 7) is 7.38. The Morgan fingerprint density at radius 1 is 1.38 bits per heavy atom. The van der Waals surface area contributed by atoms with Crippen molar-refractivity contribution in [2.75, 3.05) is 46.1 Å². The number of nitrogens with one attached hydrogen (secondary N) is 1. The van der Waals surface area contributed by atoms with Gasteiger partial charge in [0.05, 0.1) is 32.5 Å². The van der Waals surface area contributed by atoms with Crippen LogP contribution in [-0.4, -0.2) is 52.2 Å². The third-order valence-corrected chi connectivity index (χ3v) is 1.88. The third-order valence-electron chi connectivity index (χ3n) is 1.88. The molecule has 0 radical (unpaired) electrons. The summed E-state index contributed by atoms with van der Waals surface area (Å²) in [7, 11) is 0. The highest BCUT2D eigenvalue weighted by Crippen LogP contribution is 1.96. The average Bonchev–Trinajstić information content (AvgIpc) is 2.19. The molecular weight excluding hydrogens is 170 g/mol. The minimum Gasteiger partial charge on any atom is -0.379 e. The molecule has 1 fully saturated rings. The predicted octanol–water partition coefficient (Wildman–Crippen LogP) is 0.0279. The molecular formula is C9H19NO3. The van der Waals surface area contributed by atoms with E-state index in [2.05, 4.69) is 5.32 Å². The Balaban J connectivity index is 1.86. The van der Waals surface area contributed by atoms with E-state index < -0.39 is 0 Å². The summed E-state index contributed by atoms with van der Waals surface area (Å²) in [4.78, 5) is 0. The Morgan fingerprint density at radius 3 is 2.92 bits per heavy atom. The van der Waals surface area contributed by atoms with Crippen LogP contribution in [0, 0.1) is 0 Å². The molecule has 0 aromatic carbocycles. The first kappa shape index (κ1) is 10.9. The van der Waals surface area contributed by atoms with E-state index in [0.29, 0.717) is 19.8 Å². The number of hydrogen-bond donors (Lipinski definition) is 1. The smallest absolute Gasteiger partial charge is 0.0933 e. The standard InChI is InChI=1S/C9H19NO3/c1-2-11-5-6-12-8-9-7-10-3-4-13-9/h9-10H,2-8H2,1H3. The van der Waals surface area contributed by atoms with Gasteiger partial charge in [0.25, 0.3) is 0 Å². The molecule has 0 aliphatic carbocycles. The lowest BCUT2D eigenvalue weighted by molar-refractivity contribution is -0.0421. The molecule has 0 aromatic rings. The Bertz CT molecular complexity index is 115. The van der Waals surface area contributed by atoms with Crippen LogP contribution < -0.4 is 5.32 Å². The van der Waals surface area contributed by atoms with Crippen molar-refractivity contribution in [1.82, 2.24) is 5.32 Å². The molecule has 1 N–H and O–H groups in total. The topological polar surface area (TPSA) is 39.7 Å². The second-order valence-electron chi connectivity index (χ2n) is 2.97. The van der Waals surface area contributed by atoms with E-state index in [-0.39, 0.29) is 6.10 Å². The monoisotopic (exact) mass is 189 g/mol. The van der Waals surface area contributed by atoms with Crippen LogP contribution in [0.3, 0.4) is 0 Å². The molecule has 4 heteroatoms. The van der Waals surface area contributed by atoms with Crippen LogP contribution >= 0.6 is 0 Å². The number of ether oxygens (including phenoxy) is 3. The fraction of sp³-hybridized carbons (Fsp3) is 1.00. The quantitative estimate of drug-likeness (QED) is 0.598. The van der Waals surface area contributed by atoms with Crippen LogP contribution in [0.2, 0.25) is 0 Å². The van der Waals surface area contributed by atoms with Gasteiger partial charge < -0.3 is 19.5 Å². The zero-order valence-electron chi connectivity index (χ0n) is 8.25. The summed E-state index contributed by atoms with van der Waals surface area (Å²) in [6, 6.07) is 0. The van der Waals surface area contributed by atoms with Gasteiger partial charge in [0.2, 0.25) is 0 Å². The van der Waals surface area contributed by atoms with Crippen molar-refractivity contribution >= 4 is 0 Å². The summed E-state index contributed by atoms with van der Waals surface area (Å²) in [5, 5.41) is 3.25. The maximum Gasteiger partial charge on any atom is 0.0933 e. The number of hydrogen-bond acceptors (Lipinski definition) is 4. The molecule has 1 heterocycles. The lowest BCUT2D eigenvalue weighted by atomic mass is 10.3. The van der Waals surface area contributed by atoms with Crippen molar-refractivity contribution in [3.63, 3.8) is 0 Å². The number of morpholine rings is 1. The molecule has 78 valence electrons. The Kier molecular flexibility index (Phi) is 6.10. The van der Waals surface area contributed by atoms with Crippen molar-refractivity contribution in [1.29, 1.82) is 0 Å². The molecule has 1 rings (SSSR count). The normalized spacial score (nSPS) is 23.3. The lowest BCUT2D eigenvalue weighted by Crippen LogP contribution is -2.41. The molecule has 1 unspecified atom stereocenters. The lowest BCUT2D eigenvalue weighted by Gasteiger charge is -2.23. The third kappa shape index (κ3) is 5.21. The fourth-order valence-corrected chi connectivity index (χ4v) is 1.20. The van der Waals surface area contributed by atoms with Gasteiger partial charge in [-0.15, -0.1) is 0 Å². The molecule has 1 saturated heterocycles. The first-order valence-corrected chi connectivity index (χ1v) is 4.91. The Hall–Kier alpha value is -0.160. The highest BCUT2D eigenvalue weighted by molar-refractivity contribution is 4.65. The highest BCUT2D eigenvalue weighted by Gasteiger charge is 2.12. The minimum atomic E-state index is 0.218. The molecule has 1 aliphatic heterocycles. The van der Waals surface area contributed by atoms with Crippen LogP contribution in [0.1, 0.15) is 6.92 Å². The second-order valence-corrected chi connectivity index (χ2v) is 2.97. The first-order valence-electron chi connectivity index (χ1n) is 4.91. The van der Waals surface area contributed by atoms with Gasteiger partial charge >= 0.3 is 0 Å². The summed E-state index contributed by atoms with van der Waals surface area (Å²) >= 11 is 0. The van der Waals surface area contributed by atoms with Gasteiger partial charge in [-0.2, -0.15) is 0 Å². The van der Waals surface area contributed by atoms with E-state index in [1.807, 2.05) is 6.92 Å². The molecule has 0 bridgehead atoms. The summed E-state index contributed by atoms with van der Waals surface area (Å²) in [5.74, 6) is 0. The molecule has 1 aliphatic rings. The Labute approximate surface area is 79.5 Å². The van der Waals surface area contributed by atoms with Crippen molar-refractivity contribution in [2.45, 2.75) is 13.0 Å². The molecule has 0 saturated carbocycles. The van der Waals surface area contributed by atoms with Crippen molar-refractivity contribution in [2.24, 2.45) is 0 Å². The van der Waals surface area contributed by atoms with E-state index in [9.17, 15) is 0 Å². The first-order chi connectivity index (χ1) is 6.43. The van der Waals surface area contributed by atoms with Gasteiger partial charge in [-0.3, -0.25) is 0 Å². The van der Waals surface area contributed by atoms with Crippen LogP contribution in [0.5, 0.6) is 0 Å². The van der Waals surface area contributed by atoms with Crippen LogP contribution in [0.25, 0.3) is 0 Å². The SMILES string of the molecule is CCOCCOCC1CNCCO1. The van der Waals surface area contributed by atoms with Crippen molar-refractivity contribution in [3.05, 3.63) is 0 Å². The Morgan fingerprint density at radius 2 is 2.23 bits per heavy atom. The molecule has 0 spiro atoms. The van der Waals surface area contributed by atoms with Crippen LogP contribution in [0.4, 0.5) is 0 Å². The summed E-state index contributed by atoms with van der Waals surface area (Å²) in [5.41, 5.74) is 0. The maximum atomic E-state index is 5.46. The minimum absolute atomic E-state index is 0.218. The molecule has 1 atom stereocenters. The largest absolute Gasteiger partial charge is 0.379 e. The van der Waals surface area contributed by atoms with Gasteiger partial charge in [-0.25, -0.2) is 0 Å². The maximum absolute atomic E-state index is 5.46. The highest BCUT2D eigenvalue weighted by atomic mass is 16.5. The summed E-state index contributed by atoms with van der Waals surface area (Å²) < 4.78 is 16.0. The van der Waals surface area contributed by atoms with Gasteiger partial charge in [0.1, 0.15) is 0 Å². The zero-order valence-corrected chi connectivity index (χ0v) is 8.25. The van der Waals surface area contributed by atoms with Gasteiger partial charge in [-0.1, -0.05) is 0 Å². The fourth-order valence-electron chi connectivity index (χ4n) is 1.20. The second kappa shape index (κ2) is 7.26. The molecule has 0 amide bonds. The van der Waals surface area contributed by atoms with Gasteiger partial charge in [0.15, 0.2) is 0 Å². The predicted molar refractivity (Wildman–Crippen MR) is 49.9 cm³/mol.